The minimum Gasteiger partial charge on any atom is -0.457 e. The van der Waals surface area contributed by atoms with Gasteiger partial charge in [0.15, 0.2) is 0 Å². The van der Waals surface area contributed by atoms with E-state index in [1.165, 1.54) is 6.07 Å². The van der Waals surface area contributed by atoms with E-state index in [-0.39, 0.29) is 5.46 Å². The van der Waals surface area contributed by atoms with Crippen molar-refractivity contribution < 1.29 is 22.5 Å². The van der Waals surface area contributed by atoms with Crippen LogP contribution in [0.15, 0.2) is 18.2 Å². The highest BCUT2D eigenvalue weighted by molar-refractivity contribution is 6.71. The molecule has 0 bridgehead atoms. The third-order valence-electron chi connectivity index (χ3n) is 1.70. The first kappa shape index (κ1) is 9.70. The van der Waals surface area contributed by atoms with Crippen LogP contribution < -0.4 is 5.46 Å². The van der Waals surface area contributed by atoms with Crippen LogP contribution in [-0.2, 0) is 13.7 Å². The smallest absolute Gasteiger partial charge is 0.457 e. The highest BCUT2D eigenvalue weighted by atomic mass is 19.1. The van der Waals surface area contributed by atoms with E-state index < -0.39 is 18.8 Å². The molecular weight excluding hydrogens is 190 g/mol. The molecule has 0 atom stereocenters. The quantitative estimate of drug-likeness (QED) is 0.578. The molecule has 0 spiro atoms. The number of hydrogen-bond donors (Lipinski definition) is 0. The van der Waals surface area contributed by atoms with E-state index >= 15 is 0 Å². The Bertz CT molecular complexity index is 312. The van der Waals surface area contributed by atoms with Crippen molar-refractivity contribution in [3.63, 3.8) is 0 Å². The van der Waals surface area contributed by atoms with Gasteiger partial charge in [0.1, 0.15) is 11.6 Å². The Hall–Kier alpha value is -0.845. The molecule has 14 heavy (non-hydrogen) atoms. The summed E-state index contributed by atoms with van der Waals surface area (Å²) in [6.07, 6.45) is 0. The van der Waals surface area contributed by atoms with E-state index in [0.29, 0.717) is 0 Å². The molecule has 1 aromatic rings. The molecule has 1 aromatic carbocycles. The maximum atomic E-state index is 13.2. The van der Waals surface area contributed by atoms with Crippen molar-refractivity contribution in [3.8, 4) is 0 Å². The van der Waals surface area contributed by atoms with E-state index in [1.807, 2.05) is 0 Å². The maximum absolute atomic E-state index is 13.2. The average Bonchev–Trinajstić information content (AvgIpc) is 2.19. The highest BCUT2D eigenvalue weighted by Crippen LogP contribution is 2.04. The van der Waals surface area contributed by atoms with Crippen molar-refractivity contribution in [2.24, 2.45) is 0 Å². The molecule has 2 rings (SSSR count). The number of halogens is 2. The minimum absolute atomic E-state index is 0.275. The summed E-state index contributed by atoms with van der Waals surface area (Å²) in [6.45, 7) is 0. The predicted octanol–water partition coefficient (Wildman–Crippen LogP) is -0.208. The zero-order valence-corrected chi connectivity index (χ0v) is 6.94. The lowest BCUT2D eigenvalue weighted by atomic mass is 9.74. The van der Waals surface area contributed by atoms with Gasteiger partial charge in [-0.05, 0) is 12.1 Å². The molecule has 0 saturated carbocycles. The molecule has 1 heterocycles. The SMILES string of the molecule is Fc1cccc(F)c1B1O[B]O[B]O1. The molecule has 0 N–H and O–H groups in total. The summed E-state index contributed by atoms with van der Waals surface area (Å²) in [5.41, 5.74) is -0.275. The van der Waals surface area contributed by atoms with Gasteiger partial charge in [-0.15, -0.1) is 0 Å². The molecule has 1 saturated heterocycles. The number of hydrogen-bond acceptors (Lipinski definition) is 3. The van der Waals surface area contributed by atoms with E-state index in [2.05, 4.69) is 4.57 Å². The number of rotatable bonds is 1. The van der Waals surface area contributed by atoms with Crippen LogP contribution in [0.25, 0.3) is 0 Å². The van der Waals surface area contributed by atoms with Crippen molar-refractivity contribution in [3.05, 3.63) is 29.8 Å². The fraction of sp³-hybridized carbons (Fsp3) is 0. The van der Waals surface area contributed by atoms with Gasteiger partial charge in [-0.25, -0.2) is 8.78 Å². The van der Waals surface area contributed by atoms with Gasteiger partial charge in [0.25, 0.3) is 0 Å². The van der Waals surface area contributed by atoms with Gasteiger partial charge in [-0.1, -0.05) is 6.07 Å². The van der Waals surface area contributed by atoms with Crippen LogP contribution in [0.2, 0.25) is 0 Å². The summed E-state index contributed by atoms with van der Waals surface area (Å²) in [5, 5.41) is 0. The Balaban J connectivity index is 2.29. The van der Waals surface area contributed by atoms with Gasteiger partial charge < -0.3 is 13.7 Å². The van der Waals surface area contributed by atoms with Gasteiger partial charge in [-0.3, -0.25) is 0 Å². The predicted molar refractivity (Wildman–Crippen MR) is 46.5 cm³/mol. The van der Waals surface area contributed by atoms with Gasteiger partial charge in [0.05, 0.1) is 5.46 Å². The zero-order chi connectivity index (χ0) is 9.97. The molecule has 3 nitrogen and oxygen atoms in total. The van der Waals surface area contributed by atoms with E-state index in [1.54, 1.807) is 0 Å². The van der Waals surface area contributed by atoms with Crippen LogP contribution in [-0.4, -0.2) is 22.5 Å². The Morgan fingerprint density at radius 2 is 1.64 bits per heavy atom. The topological polar surface area (TPSA) is 27.7 Å². The van der Waals surface area contributed by atoms with E-state index in [9.17, 15) is 8.78 Å². The largest absolute Gasteiger partial charge is 0.471 e. The van der Waals surface area contributed by atoms with Crippen molar-refractivity contribution in [1.29, 1.82) is 0 Å². The molecule has 0 aliphatic carbocycles. The van der Waals surface area contributed by atoms with Crippen molar-refractivity contribution in [2.75, 3.05) is 0 Å². The Kier molecular flexibility index (Phi) is 2.86. The lowest BCUT2D eigenvalue weighted by Crippen LogP contribution is -2.47. The summed E-state index contributed by atoms with van der Waals surface area (Å²) < 4.78 is 40.3. The first-order chi connectivity index (χ1) is 6.79. The Morgan fingerprint density at radius 3 is 2.21 bits per heavy atom. The highest BCUT2D eigenvalue weighted by Gasteiger charge is 2.31. The van der Waals surface area contributed by atoms with Crippen molar-refractivity contribution in [2.45, 2.75) is 0 Å². The molecule has 0 unspecified atom stereocenters. The second-order valence-electron chi connectivity index (χ2n) is 2.57. The average molecular weight is 194 g/mol. The summed E-state index contributed by atoms with van der Waals surface area (Å²) in [6, 6.07) is 3.52. The third kappa shape index (κ3) is 1.82. The Labute approximate surface area is 81.1 Å². The van der Waals surface area contributed by atoms with E-state index in [4.69, 9.17) is 9.14 Å². The lowest BCUT2D eigenvalue weighted by molar-refractivity contribution is 0.331. The summed E-state index contributed by atoms with van der Waals surface area (Å²) in [4.78, 5) is 0. The van der Waals surface area contributed by atoms with Crippen LogP contribution in [0.3, 0.4) is 0 Å². The summed E-state index contributed by atoms with van der Waals surface area (Å²) >= 11 is 0. The molecular formula is C6H3B3F2O3. The normalized spacial score (nSPS) is 16.0. The molecule has 0 aromatic heterocycles. The number of benzene rings is 1. The molecule has 68 valence electrons. The molecule has 1 fully saturated rings. The van der Waals surface area contributed by atoms with Crippen LogP contribution in [0.4, 0.5) is 8.78 Å². The first-order valence-corrected chi connectivity index (χ1v) is 3.82. The van der Waals surface area contributed by atoms with Crippen LogP contribution in [0.5, 0.6) is 0 Å². The van der Waals surface area contributed by atoms with Gasteiger partial charge >= 0.3 is 22.5 Å². The van der Waals surface area contributed by atoms with Gasteiger partial charge in [0.2, 0.25) is 0 Å². The summed E-state index contributed by atoms with van der Waals surface area (Å²) in [5.74, 6) is -1.45. The molecule has 0 amide bonds. The van der Waals surface area contributed by atoms with Gasteiger partial charge in [0, 0.05) is 0 Å². The first-order valence-electron chi connectivity index (χ1n) is 3.82. The Morgan fingerprint density at radius 1 is 1.07 bits per heavy atom. The second kappa shape index (κ2) is 4.12. The molecule has 2 radical (unpaired) electrons. The third-order valence-corrected chi connectivity index (χ3v) is 1.70. The monoisotopic (exact) mass is 194 g/mol. The molecule has 8 heteroatoms. The van der Waals surface area contributed by atoms with Crippen LogP contribution >= 0.6 is 0 Å². The van der Waals surface area contributed by atoms with Crippen molar-refractivity contribution in [1.82, 2.24) is 0 Å². The standard InChI is InChI=1S/C6H3B3F2O3/c10-4-2-1-3-5(11)6(4)9-13-7-12-8-14-9/h1-3H. The molecule has 1 aliphatic rings. The van der Waals surface area contributed by atoms with Crippen LogP contribution in [0.1, 0.15) is 0 Å². The second-order valence-corrected chi connectivity index (χ2v) is 2.57. The molecule has 1 aliphatic heterocycles. The van der Waals surface area contributed by atoms with Gasteiger partial charge in [-0.2, -0.15) is 0 Å². The van der Waals surface area contributed by atoms with E-state index in [0.717, 1.165) is 27.5 Å². The van der Waals surface area contributed by atoms with Crippen molar-refractivity contribution >= 4 is 28.0 Å². The fourth-order valence-corrected chi connectivity index (χ4v) is 1.09. The van der Waals surface area contributed by atoms with Crippen LogP contribution in [0, 0.1) is 11.6 Å². The fourth-order valence-electron chi connectivity index (χ4n) is 1.09. The minimum atomic E-state index is -1.13. The lowest BCUT2D eigenvalue weighted by Gasteiger charge is -2.19. The zero-order valence-electron chi connectivity index (χ0n) is 6.94. The maximum Gasteiger partial charge on any atom is 0.471 e. The summed E-state index contributed by atoms with van der Waals surface area (Å²) in [7, 11) is 0.755.